The van der Waals surface area contributed by atoms with Crippen LogP contribution in [0.5, 0.6) is 0 Å². The Hall–Kier alpha value is -0.243. The van der Waals surface area contributed by atoms with E-state index in [1.165, 1.54) is 0 Å². The molecule has 2 atom stereocenters. The lowest BCUT2D eigenvalue weighted by Crippen LogP contribution is -2.48. The molecule has 0 aromatic rings. The van der Waals surface area contributed by atoms with Crippen molar-refractivity contribution >= 4 is 8.80 Å². The molecule has 112 valence electrons. The topological polar surface area (TPSA) is 49.5 Å². The maximum Gasteiger partial charge on any atom is 0.503 e. The third kappa shape index (κ3) is 6.16. The first-order valence-corrected chi connectivity index (χ1v) is 8.90. The molecule has 2 unspecified atom stereocenters. The summed E-state index contributed by atoms with van der Waals surface area (Å²) in [4.78, 5) is 0. The van der Waals surface area contributed by atoms with Gasteiger partial charge >= 0.3 is 8.80 Å². The van der Waals surface area contributed by atoms with Crippen molar-refractivity contribution in [3.8, 4) is 0 Å². The summed E-state index contributed by atoms with van der Waals surface area (Å²) in [5.74, 6) is 0. The Bertz CT molecular complexity index is 240. The van der Waals surface area contributed by atoms with E-state index >= 15 is 0 Å². The summed E-state index contributed by atoms with van der Waals surface area (Å²) >= 11 is 0. The summed E-state index contributed by atoms with van der Waals surface area (Å²) in [6, 6.07) is 0.596. The number of hydrogen-bond acceptors (Lipinski definition) is 5. The lowest BCUT2D eigenvalue weighted by molar-refractivity contribution is 0.0377. The van der Waals surface area contributed by atoms with Gasteiger partial charge in [0.2, 0.25) is 0 Å². The maximum atomic E-state index is 5.80. The van der Waals surface area contributed by atoms with Gasteiger partial charge in [0, 0.05) is 25.9 Å². The van der Waals surface area contributed by atoms with Crippen LogP contribution in [0.25, 0.3) is 0 Å². The largest absolute Gasteiger partial charge is 0.503 e. The molecule has 0 saturated carbocycles. The average Bonchev–Trinajstić information content (AvgIpc) is 3.19. The van der Waals surface area contributed by atoms with Crippen LogP contribution in [0.15, 0.2) is 12.7 Å². The van der Waals surface area contributed by atoms with Crippen LogP contribution in [0.3, 0.4) is 0 Å². The first-order valence-electron chi connectivity index (χ1n) is 6.97. The summed E-state index contributed by atoms with van der Waals surface area (Å²) < 4.78 is 28.3. The maximum absolute atomic E-state index is 5.80. The molecule has 1 rings (SSSR count). The first kappa shape index (κ1) is 16.8. The Labute approximate surface area is 117 Å². The summed E-state index contributed by atoms with van der Waals surface area (Å²) in [6.45, 7) is 12.7. The highest BCUT2D eigenvalue weighted by molar-refractivity contribution is 6.60. The zero-order chi connectivity index (χ0) is 14.1. The molecular formula is C13H26O5Si. The minimum atomic E-state index is -2.67. The minimum absolute atomic E-state index is 0.125. The molecule has 5 nitrogen and oxygen atoms in total. The molecule has 1 fully saturated rings. The Morgan fingerprint density at radius 1 is 1.21 bits per heavy atom. The molecule has 6 heteroatoms. The standard InChI is InChI=1S/C13H26O5Si/c1-5-12(14-9-13-10-15-13)11-19(16-6-2,17-7-3)18-8-4/h5,12-13H,1,6-11H2,2-4H3. The lowest BCUT2D eigenvalue weighted by atomic mass is 10.4. The fourth-order valence-corrected chi connectivity index (χ4v) is 4.51. The van der Waals surface area contributed by atoms with Crippen LogP contribution in [0.1, 0.15) is 20.8 Å². The molecule has 1 heterocycles. The fourth-order valence-electron chi connectivity index (χ4n) is 1.81. The van der Waals surface area contributed by atoms with Crippen LogP contribution >= 0.6 is 0 Å². The highest BCUT2D eigenvalue weighted by Gasteiger charge is 2.43. The molecule has 1 aliphatic heterocycles. The molecule has 1 aliphatic rings. The zero-order valence-electron chi connectivity index (χ0n) is 12.2. The van der Waals surface area contributed by atoms with Crippen LogP contribution in [0.2, 0.25) is 6.04 Å². The monoisotopic (exact) mass is 290 g/mol. The van der Waals surface area contributed by atoms with Crippen molar-refractivity contribution in [3.05, 3.63) is 12.7 Å². The smallest absolute Gasteiger partial charge is 0.374 e. The SMILES string of the molecule is C=CC(C[Si](OCC)(OCC)OCC)OCC1CO1. The highest BCUT2D eigenvalue weighted by atomic mass is 28.4. The van der Waals surface area contributed by atoms with Gasteiger partial charge in [-0.1, -0.05) is 6.08 Å². The zero-order valence-corrected chi connectivity index (χ0v) is 13.2. The fraction of sp³-hybridized carbons (Fsp3) is 0.846. The first-order chi connectivity index (χ1) is 9.19. The van der Waals surface area contributed by atoms with E-state index in [0.29, 0.717) is 32.5 Å². The summed E-state index contributed by atoms with van der Waals surface area (Å²) in [5, 5.41) is 0. The van der Waals surface area contributed by atoms with E-state index in [1.54, 1.807) is 6.08 Å². The van der Waals surface area contributed by atoms with E-state index in [1.807, 2.05) is 20.8 Å². The second-order valence-corrected chi connectivity index (χ2v) is 6.89. The van der Waals surface area contributed by atoms with Gasteiger partial charge in [-0.25, -0.2) is 0 Å². The van der Waals surface area contributed by atoms with Crippen molar-refractivity contribution in [1.82, 2.24) is 0 Å². The van der Waals surface area contributed by atoms with E-state index in [-0.39, 0.29) is 12.2 Å². The molecule has 0 radical (unpaired) electrons. The van der Waals surface area contributed by atoms with E-state index in [0.717, 1.165) is 6.61 Å². The Morgan fingerprint density at radius 3 is 2.11 bits per heavy atom. The van der Waals surface area contributed by atoms with Crippen LogP contribution < -0.4 is 0 Å². The molecule has 0 bridgehead atoms. The van der Waals surface area contributed by atoms with Crippen molar-refractivity contribution in [3.63, 3.8) is 0 Å². The third-order valence-electron chi connectivity index (χ3n) is 2.71. The Balaban J connectivity index is 2.56. The van der Waals surface area contributed by atoms with Crippen molar-refractivity contribution in [2.75, 3.05) is 33.0 Å². The van der Waals surface area contributed by atoms with Gasteiger partial charge in [0.25, 0.3) is 0 Å². The quantitative estimate of drug-likeness (QED) is 0.313. The van der Waals surface area contributed by atoms with Crippen LogP contribution in [-0.2, 0) is 22.8 Å². The van der Waals surface area contributed by atoms with Crippen molar-refractivity contribution in [2.24, 2.45) is 0 Å². The molecule has 19 heavy (non-hydrogen) atoms. The van der Waals surface area contributed by atoms with Crippen molar-refractivity contribution in [2.45, 2.75) is 39.0 Å². The third-order valence-corrected chi connectivity index (χ3v) is 5.79. The van der Waals surface area contributed by atoms with E-state index in [4.69, 9.17) is 22.8 Å². The second-order valence-electron chi connectivity index (χ2n) is 4.25. The molecule has 0 N–H and O–H groups in total. The van der Waals surface area contributed by atoms with E-state index in [9.17, 15) is 0 Å². The molecule has 0 aromatic carbocycles. The van der Waals surface area contributed by atoms with Gasteiger partial charge in [0.05, 0.1) is 19.3 Å². The molecule has 0 amide bonds. The highest BCUT2D eigenvalue weighted by Crippen LogP contribution is 2.21. The van der Waals surface area contributed by atoms with Crippen LogP contribution in [-0.4, -0.2) is 54.0 Å². The molecule has 0 aromatic heterocycles. The normalized spacial score (nSPS) is 20.3. The summed E-state index contributed by atoms with van der Waals surface area (Å²) in [7, 11) is -2.67. The van der Waals surface area contributed by atoms with Gasteiger partial charge < -0.3 is 22.8 Å². The van der Waals surface area contributed by atoms with E-state index < -0.39 is 8.80 Å². The number of ether oxygens (including phenoxy) is 2. The van der Waals surface area contributed by atoms with Gasteiger partial charge in [-0.15, -0.1) is 6.58 Å². The van der Waals surface area contributed by atoms with Crippen LogP contribution in [0.4, 0.5) is 0 Å². The minimum Gasteiger partial charge on any atom is -0.374 e. The summed E-state index contributed by atoms with van der Waals surface area (Å²) in [6.07, 6.45) is 1.89. The van der Waals surface area contributed by atoms with Gasteiger partial charge in [-0.3, -0.25) is 0 Å². The van der Waals surface area contributed by atoms with Crippen molar-refractivity contribution < 1.29 is 22.8 Å². The van der Waals surface area contributed by atoms with Gasteiger partial charge in [-0.05, 0) is 20.8 Å². The summed E-state index contributed by atoms with van der Waals surface area (Å²) in [5.41, 5.74) is 0. The van der Waals surface area contributed by atoms with Gasteiger partial charge in [0.15, 0.2) is 0 Å². The van der Waals surface area contributed by atoms with E-state index in [2.05, 4.69) is 6.58 Å². The lowest BCUT2D eigenvalue weighted by Gasteiger charge is -2.30. The second kappa shape index (κ2) is 8.83. The van der Waals surface area contributed by atoms with Crippen molar-refractivity contribution in [1.29, 1.82) is 0 Å². The average molecular weight is 290 g/mol. The number of hydrogen-bond donors (Lipinski definition) is 0. The number of epoxide rings is 1. The Kier molecular flexibility index (Phi) is 7.82. The van der Waals surface area contributed by atoms with Gasteiger partial charge in [0.1, 0.15) is 6.10 Å². The molecule has 1 saturated heterocycles. The predicted molar refractivity (Wildman–Crippen MR) is 75.1 cm³/mol. The molecule has 0 spiro atoms. The van der Waals surface area contributed by atoms with Gasteiger partial charge in [-0.2, -0.15) is 0 Å². The molecule has 0 aliphatic carbocycles. The predicted octanol–water partition coefficient (Wildman–Crippen LogP) is 2.00. The molecular weight excluding hydrogens is 264 g/mol. The van der Waals surface area contributed by atoms with Crippen LogP contribution in [0, 0.1) is 0 Å². The Morgan fingerprint density at radius 2 is 1.74 bits per heavy atom. The number of rotatable bonds is 12.